The summed E-state index contributed by atoms with van der Waals surface area (Å²) in [5.74, 6) is -1.20. The summed E-state index contributed by atoms with van der Waals surface area (Å²) < 4.78 is 10.7. The van der Waals surface area contributed by atoms with Gasteiger partial charge in [0.1, 0.15) is 0 Å². The average molecular weight is 453 g/mol. The number of esters is 1. The van der Waals surface area contributed by atoms with Crippen molar-refractivity contribution in [3.63, 3.8) is 0 Å². The van der Waals surface area contributed by atoms with Gasteiger partial charge in [0.15, 0.2) is 0 Å². The van der Waals surface area contributed by atoms with Crippen LogP contribution in [0.3, 0.4) is 0 Å². The van der Waals surface area contributed by atoms with E-state index in [1.54, 1.807) is 13.2 Å². The Labute approximate surface area is 193 Å². The van der Waals surface area contributed by atoms with E-state index in [0.29, 0.717) is 6.42 Å². The molecule has 2 aromatic carbocycles. The third-order valence-corrected chi connectivity index (χ3v) is 11.3. The molecule has 32 heavy (non-hydrogen) atoms. The van der Waals surface area contributed by atoms with Gasteiger partial charge in [0, 0.05) is 19.6 Å². The van der Waals surface area contributed by atoms with Crippen LogP contribution in [0.1, 0.15) is 58.8 Å². The van der Waals surface area contributed by atoms with Crippen LogP contribution < -0.4 is 10.4 Å². The van der Waals surface area contributed by atoms with E-state index in [4.69, 9.17) is 9.47 Å². The maximum absolute atomic E-state index is 12.2. The fourth-order valence-electron chi connectivity index (χ4n) is 4.74. The number of methoxy groups -OCH3 is 1. The highest BCUT2D eigenvalue weighted by Gasteiger charge is 2.49. The van der Waals surface area contributed by atoms with Crippen LogP contribution in [-0.4, -0.2) is 32.0 Å². The molecule has 0 aromatic heterocycles. The first-order valence-corrected chi connectivity index (χ1v) is 13.6. The van der Waals surface area contributed by atoms with Crippen molar-refractivity contribution in [2.75, 3.05) is 7.11 Å². The van der Waals surface area contributed by atoms with Gasteiger partial charge in [-0.3, -0.25) is 0 Å². The molecule has 1 N–H and O–H groups in total. The van der Waals surface area contributed by atoms with Crippen LogP contribution in [0.15, 0.2) is 72.8 Å². The lowest BCUT2D eigenvalue weighted by Crippen LogP contribution is -2.65. The summed E-state index contributed by atoms with van der Waals surface area (Å²) in [4.78, 5) is 23.6. The second-order valence-electron chi connectivity index (χ2n) is 9.36. The fourth-order valence-corrected chi connectivity index (χ4v) is 8.52. The number of cyclic esters (lactones) is 1. The normalized spacial score (nSPS) is 18.7. The molecule has 1 heterocycles. The molecule has 0 saturated heterocycles. The van der Waals surface area contributed by atoms with Crippen LogP contribution in [0.5, 0.6) is 0 Å². The summed E-state index contributed by atoms with van der Waals surface area (Å²) in [7, 11) is -1.34. The minimum atomic E-state index is -2.92. The Kier molecular flexibility index (Phi) is 8.09. The monoisotopic (exact) mass is 452 g/mol. The van der Waals surface area contributed by atoms with E-state index in [1.165, 1.54) is 6.08 Å². The topological polar surface area (TPSA) is 55.8 Å². The van der Waals surface area contributed by atoms with Crippen LogP contribution in [-0.2, 0) is 14.3 Å². The molecule has 1 aliphatic rings. The number of ether oxygens (including phenoxy) is 2. The van der Waals surface area contributed by atoms with E-state index in [0.717, 1.165) is 48.9 Å². The molecule has 0 radical (unpaired) electrons. The van der Waals surface area contributed by atoms with Gasteiger partial charge in [-0.25, -0.2) is 4.79 Å². The third-order valence-electron chi connectivity index (χ3n) is 6.78. The molecule has 4 nitrogen and oxygen atoms in total. The molecule has 1 aliphatic heterocycles. The van der Waals surface area contributed by atoms with Crippen molar-refractivity contribution in [1.82, 2.24) is 0 Å². The number of carbonyl (C=O) groups is 1. The van der Waals surface area contributed by atoms with Crippen molar-refractivity contribution < 1.29 is 19.1 Å². The van der Waals surface area contributed by atoms with Gasteiger partial charge < -0.3 is 14.3 Å². The molecule has 2 aromatic rings. The molecule has 0 saturated carbocycles. The molecule has 1 atom stereocenters. The SMILES string of the molecule is CO[C@]1(CCCCCCCC(C)(C)[Si](O)(c2ccccc2)c2ccccc2)C=CC(=O)O1. The summed E-state index contributed by atoms with van der Waals surface area (Å²) >= 11 is 0. The van der Waals surface area contributed by atoms with Crippen molar-refractivity contribution >= 4 is 24.7 Å². The van der Waals surface area contributed by atoms with E-state index in [2.05, 4.69) is 38.1 Å². The molecular formula is C27H36O4Si. The zero-order valence-electron chi connectivity index (χ0n) is 19.5. The zero-order valence-corrected chi connectivity index (χ0v) is 20.5. The van der Waals surface area contributed by atoms with Gasteiger partial charge in [0.25, 0.3) is 8.32 Å². The van der Waals surface area contributed by atoms with Crippen molar-refractivity contribution in [1.29, 1.82) is 0 Å². The number of hydrogen-bond acceptors (Lipinski definition) is 4. The van der Waals surface area contributed by atoms with Gasteiger partial charge in [-0.2, -0.15) is 0 Å². The fraction of sp³-hybridized carbons (Fsp3) is 0.444. The Hall–Kier alpha value is -2.21. The summed E-state index contributed by atoms with van der Waals surface area (Å²) in [6.45, 7) is 4.45. The first-order chi connectivity index (χ1) is 15.3. The average Bonchev–Trinajstić information content (AvgIpc) is 3.20. The van der Waals surface area contributed by atoms with Gasteiger partial charge in [-0.15, -0.1) is 0 Å². The van der Waals surface area contributed by atoms with Crippen LogP contribution >= 0.6 is 0 Å². The maximum atomic E-state index is 12.2. The Morgan fingerprint density at radius 1 is 0.906 bits per heavy atom. The highest BCUT2D eigenvalue weighted by Crippen LogP contribution is 2.40. The predicted molar refractivity (Wildman–Crippen MR) is 131 cm³/mol. The molecule has 172 valence electrons. The van der Waals surface area contributed by atoms with Crippen molar-refractivity contribution in [3.05, 3.63) is 72.8 Å². The van der Waals surface area contributed by atoms with Crippen LogP contribution in [0.4, 0.5) is 0 Å². The Balaban J connectivity index is 1.54. The number of benzene rings is 2. The van der Waals surface area contributed by atoms with E-state index in [1.807, 2.05) is 36.4 Å². The van der Waals surface area contributed by atoms with Crippen molar-refractivity contribution in [3.8, 4) is 0 Å². The second-order valence-corrected chi connectivity index (χ2v) is 13.3. The van der Waals surface area contributed by atoms with E-state index in [-0.39, 0.29) is 11.0 Å². The summed E-state index contributed by atoms with van der Waals surface area (Å²) in [6, 6.07) is 20.4. The standard InChI is InChI=1S/C27H36O4Si/c1-26(2,20-13-5-4-6-14-21-27(30-3)22-19-25(28)31-27)32(29,23-15-9-7-10-16-23)24-17-11-8-12-18-24/h7-12,15-19,22,29H,4-6,13-14,20-21H2,1-3H3/t27-/m0/s1. The van der Waals surface area contributed by atoms with E-state index >= 15 is 0 Å². The summed E-state index contributed by atoms with van der Waals surface area (Å²) in [6.07, 6.45) is 10.1. The van der Waals surface area contributed by atoms with Crippen molar-refractivity contribution in [2.45, 2.75) is 69.6 Å². The molecule has 0 amide bonds. The molecule has 0 aliphatic carbocycles. The van der Waals surface area contributed by atoms with Gasteiger partial charge in [0.05, 0.1) is 0 Å². The second kappa shape index (κ2) is 10.6. The highest BCUT2D eigenvalue weighted by molar-refractivity contribution is 6.98. The number of rotatable bonds is 12. The third kappa shape index (κ3) is 5.40. The predicted octanol–water partition coefficient (Wildman–Crippen LogP) is 4.71. The molecule has 5 heteroatoms. The first kappa shape index (κ1) is 24.4. The summed E-state index contributed by atoms with van der Waals surface area (Å²) in [5.41, 5.74) is 0. The number of unbranched alkanes of at least 4 members (excludes halogenated alkanes) is 4. The summed E-state index contributed by atoms with van der Waals surface area (Å²) in [5, 5.41) is 1.94. The lowest BCUT2D eigenvalue weighted by atomic mass is 10.0. The Morgan fingerprint density at radius 2 is 1.44 bits per heavy atom. The quantitative estimate of drug-likeness (QED) is 0.288. The highest BCUT2D eigenvalue weighted by atomic mass is 28.4. The van der Waals surface area contributed by atoms with Crippen molar-refractivity contribution in [2.24, 2.45) is 0 Å². The van der Waals surface area contributed by atoms with Crippen LogP contribution in [0.25, 0.3) is 0 Å². The molecular weight excluding hydrogens is 416 g/mol. The lowest BCUT2D eigenvalue weighted by molar-refractivity contribution is -0.190. The van der Waals surface area contributed by atoms with Gasteiger partial charge in [0.2, 0.25) is 5.79 Å². The lowest BCUT2D eigenvalue weighted by Gasteiger charge is -2.41. The Morgan fingerprint density at radius 3 is 1.94 bits per heavy atom. The minimum Gasteiger partial charge on any atom is -0.426 e. The Bertz CT molecular complexity index is 855. The van der Waals surface area contributed by atoms with Crippen LogP contribution in [0.2, 0.25) is 5.04 Å². The van der Waals surface area contributed by atoms with E-state index in [9.17, 15) is 9.59 Å². The maximum Gasteiger partial charge on any atom is 0.333 e. The smallest absolute Gasteiger partial charge is 0.333 e. The largest absolute Gasteiger partial charge is 0.426 e. The molecule has 0 fully saturated rings. The van der Waals surface area contributed by atoms with Gasteiger partial charge in [-0.1, -0.05) is 100 Å². The van der Waals surface area contributed by atoms with Gasteiger partial charge in [-0.05, 0) is 34.3 Å². The minimum absolute atomic E-state index is 0.196. The molecule has 0 unspecified atom stereocenters. The molecule has 0 spiro atoms. The first-order valence-electron chi connectivity index (χ1n) is 11.6. The number of carbonyl (C=O) groups excluding carboxylic acids is 1. The van der Waals surface area contributed by atoms with Gasteiger partial charge >= 0.3 is 5.97 Å². The number of hydrogen-bond donors (Lipinski definition) is 1. The molecule has 0 bridgehead atoms. The van der Waals surface area contributed by atoms with Crippen LogP contribution in [0, 0.1) is 0 Å². The van der Waals surface area contributed by atoms with E-state index < -0.39 is 14.1 Å². The molecule has 3 rings (SSSR count). The zero-order chi connectivity index (χ0) is 23.1.